The summed E-state index contributed by atoms with van der Waals surface area (Å²) in [5, 5.41) is 11.7. The zero-order valence-corrected chi connectivity index (χ0v) is 30.4. The molecule has 1 N–H and O–H groups in total. The van der Waals surface area contributed by atoms with E-state index in [1.807, 2.05) is 7.11 Å². The Morgan fingerprint density at radius 1 is 0.867 bits per heavy atom. The van der Waals surface area contributed by atoms with E-state index >= 15 is 0 Å². The van der Waals surface area contributed by atoms with Gasteiger partial charge in [-0.1, -0.05) is 41.5 Å². The van der Waals surface area contributed by atoms with E-state index in [1.54, 1.807) is 7.11 Å². The molecular formula is C38H68N2O5. The van der Waals surface area contributed by atoms with Crippen molar-refractivity contribution in [2.24, 2.45) is 50.7 Å². The number of morpholine rings is 1. The number of nitrogens with zero attached hydrogens (tertiary/aromatic N) is 2. The minimum atomic E-state index is -0.308. The molecule has 2 aliphatic heterocycles. The molecule has 0 radical (unpaired) electrons. The van der Waals surface area contributed by atoms with Gasteiger partial charge in [0.25, 0.3) is 0 Å². The molecule has 0 aromatic rings. The number of ether oxygens (including phenoxy) is 4. The summed E-state index contributed by atoms with van der Waals surface area (Å²) in [4.78, 5) is 5.10. The van der Waals surface area contributed by atoms with E-state index in [4.69, 9.17) is 18.9 Å². The zero-order chi connectivity index (χ0) is 32.4. The molecule has 7 nitrogen and oxygen atoms in total. The minimum absolute atomic E-state index is 0.0853. The number of aliphatic hydroxyl groups excluding tert-OH is 1. The van der Waals surface area contributed by atoms with Crippen molar-refractivity contribution in [2.75, 3.05) is 66.8 Å². The Labute approximate surface area is 275 Å². The van der Waals surface area contributed by atoms with Gasteiger partial charge in [-0.25, -0.2) is 0 Å². The van der Waals surface area contributed by atoms with Crippen molar-refractivity contribution in [1.29, 1.82) is 0 Å². The molecule has 45 heavy (non-hydrogen) atoms. The van der Waals surface area contributed by atoms with Gasteiger partial charge in [0.15, 0.2) is 6.29 Å². The highest BCUT2D eigenvalue weighted by Crippen LogP contribution is 2.88. The molecule has 6 aliphatic rings. The molecule has 7 heteroatoms. The van der Waals surface area contributed by atoms with Crippen LogP contribution in [0.15, 0.2) is 0 Å². The summed E-state index contributed by atoms with van der Waals surface area (Å²) >= 11 is 0. The Bertz CT molecular complexity index is 1030. The molecule has 0 amide bonds. The number of methoxy groups -OCH3 is 2. The smallest absolute Gasteiger partial charge is 0.170 e. The summed E-state index contributed by atoms with van der Waals surface area (Å²) in [5.41, 5.74) is 0.949. The lowest BCUT2D eigenvalue weighted by atomic mass is 9.38. The fraction of sp³-hybridized carbons (Fsp3) is 1.00. The van der Waals surface area contributed by atoms with Crippen LogP contribution in [0, 0.1) is 50.7 Å². The first kappa shape index (κ1) is 34.6. The summed E-state index contributed by atoms with van der Waals surface area (Å²) in [6.07, 6.45) is 9.77. The first-order valence-electron chi connectivity index (χ1n) is 18.7. The number of hydrogen-bond acceptors (Lipinski definition) is 7. The van der Waals surface area contributed by atoms with Gasteiger partial charge in [-0.3, -0.25) is 9.80 Å². The summed E-state index contributed by atoms with van der Waals surface area (Å²) in [5.74, 6) is 2.39. The van der Waals surface area contributed by atoms with Gasteiger partial charge in [0.05, 0.1) is 25.4 Å². The number of likely N-dealkylation sites (tertiary alicyclic amines) is 1. The second-order valence-electron chi connectivity index (χ2n) is 17.8. The molecule has 2 saturated heterocycles. The van der Waals surface area contributed by atoms with Crippen molar-refractivity contribution in [3.05, 3.63) is 0 Å². The largest absolute Gasteiger partial charge is 0.393 e. The van der Waals surface area contributed by atoms with Crippen LogP contribution in [0.25, 0.3) is 0 Å². The quantitative estimate of drug-likeness (QED) is 0.280. The standard InChI is InChI=1S/C38H68N2O5/c1-26(13-19-42-8)27(2)35(6)15-16-38-25-37(38)14-12-32(34(4,5)30(37)10-11-31(38)36(35,7)28(3)41)45-33-24-40(18-21-44-33)29-22-39(23-29)17-20-43-9/h26-33,41H,10-25H2,1-9H3/t26-,27-,28+,30+,31?,32+,33+,35-,36+,37-,38+/m1/s1. The van der Waals surface area contributed by atoms with Gasteiger partial charge in [0.2, 0.25) is 0 Å². The van der Waals surface area contributed by atoms with Crippen LogP contribution < -0.4 is 0 Å². The van der Waals surface area contributed by atoms with E-state index < -0.39 is 0 Å². The molecule has 4 aliphatic carbocycles. The SMILES string of the molecule is COCC[C@@H](C)[C@@H](C)[C@@]1(C)CC[C@@]23C[C@@]24CC[C@H](O[C@H]2CN(C5CN(CCOC)C5)CCO2)C(C)(C)[C@@H]4CCC3[C@]1(C)[C@H](C)O. The highest BCUT2D eigenvalue weighted by molar-refractivity contribution is 5.30. The van der Waals surface area contributed by atoms with Crippen molar-refractivity contribution in [3.63, 3.8) is 0 Å². The van der Waals surface area contributed by atoms with E-state index in [-0.39, 0.29) is 34.7 Å². The summed E-state index contributed by atoms with van der Waals surface area (Å²) in [6, 6.07) is 0.618. The van der Waals surface area contributed by atoms with E-state index in [0.29, 0.717) is 40.5 Å². The third-order valence-electron chi connectivity index (χ3n) is 16.2. The van der Waals surface area contributed by atoms with Crippen LogP contribution in [0.1, 0.15) is 99.8 Å². The van der Waals surface area contributed by atoms with Gasteiger partial charge >= 0.3 is 0 Å². The van der Waals surface area contributed by atoms with Crippen molar-refractivity contribution >= 4 is 0 Å². The molecule has 0 bridgehead atoms. The maximum absolute atomic E-state index is 11.7. The lowest BCUT2D eigenvalue weighted by Crippen LogP contribution is -2.64. The van der Waals surface area contributed by atoms with Crippen molar-refractivity contribution in [3.8, 4) is 0 Å². The molecule has 6 rings (SSSR count). The second kappa shape index (κ2) is 12.6. The third kappa shape index (κ3) is 5.31. The van der Waals surface area contributed by atoms with E-state index in [2.05, 4.69) is 58.3 Å². The zero-order valence-electron chi connectivity index (χ0n) is 30.4. The van der Waals surface area contributed by atoms with Crippen LogP contribution >= 0.6 is 0 Å². The van der Waals surface area contributed by atoms with E-state index in [0.717, 1.165) is 65.4 Å². The fourth-order valence-electron chi connectivity index (χ4n) is 12.8. The highest BCUT2D eigenvalue weighted by atomic mass is 16.7. The average Bonchev–Trinajstić information content (AvgIpc) is 3.66. The van der Waals surface area contributed by atoms with Gasteiger partial charge in [-0.15, -0.1) is 0 Å². The Morgan fingerprint density at radius 3 is 2.24 bits per heavy atom. The Kier molecular flexibility index (Phi) is 9.65. The molecular weight excluding hydrogens is 564 g/mol. The van der Waals surface area contributed by atoms with Crippen LogP contribution in [0.4, 0.5) is 0 Å². The van der Waals surface area contributed by atoms with Crippen LogP contribution in [0.3, 0.4) is 0 Å². The van der Waals surface area contributed by atoms with Gasteiger partial charge in [0.1, 0.15) is 0 Å². The Balaban J connectivity index is 1.14. The normalized spacial score (nSPS) is 45.5. The lowest BCUT2D eigenvalue weighted by molar-refractivity contribution is -0.256. The fourth-order valence-corrected chi connectivity index (χ4v) is 12.8. The highest BCUT2D eigenvalue weighted by Gasteiger charge is 2.82. The van der Waals surface area contributed by atoms with Crippen LogP contribution in [-0.4, -0.2) is 106 Å². The first-order valence-corrected chi connectivity index (χ1v) is 18.7. The minimum Gasteiger partial charge on any atom is -0.393 e. The lowest BCUT2D eigenvalue weighted by Gasteiger charge is -2.66. The molecule has 0 aromatic carbocycles. The summed E-state index contributed by atoms with van der Waals surface area (Å²) in [6.45, 7) is 24.7. The first-order chi connectivity index (χ1) is 21.3. The Morgan fingerprint density at radius 2 is 1.56 bits per heavy atom. The van der Waals surface area contributed by atoms with Gasteiger partial charge in [-0.2, -0.15) is 0 Å². The van der Waals surface area contributed by atoms with E-state index in [9.17, 15) is 5.11 Å². The van der Waals surface area contributed by atoms with Crippen LogP contribution in [0.2, 0.25) is 0 Å². The van der Waals surface area contributed by atoms with Crippen LogP contribution in [-0.2, 0) is 18.9 Å². The summed E-state index contributed by atoms with van der Waals surface area (Å²) < 4.78 is 24.0. The average molecular weight is 633 g/mol. The molecule has 2 spiro atoms. The van der Waals surface area contributed by atoms with Crippen LogP contribution in [0.5, 0.6) is 0 Å². The molecule has 6 fully saturated rings. The monoisotopic (exact) mass is 633 g/mol. The molecule has 0 aromatic heterocycles. The second-order valence-corrected chi connectivity index (χ2v) is 17.8. The third-order valence-corrected chi connectivity index (χ3v) is 16.2. The maximum atomic E-state index is 11.7. The van der Waals surface area contributed by atoms with Gasteiger partial charge < -0.3 is 24.1 Å². The number of aliphatic hydroxyl groups is 1. The predicted molar refractivity (Wildman–Crippen MR) is 179 cm³/mol. The molecule has 4 saturated carbocycles. The van der Waals surface area contributed by atoms with Crippen molar-refractivity contribution in [1.82, 2.24) is 9.80 Å². The van der Waals surface area contributed by atoms with E-state index in [1.165, 1.54) is 38.5 Å². The summed E-state index contributed by atoms with van der Waals surface area (Å²) in [7, 11) is 3.61. The number of hydrogen-bond donors (Lipinski definition) is 1. The van der Waals surface area contributed by atoms with Crippen molar-refractivity contribution in [2.45, 2.75) is 124 Å². The Hall–Kier alpha value is -0.280. The topological polar surface area (TPSA) is 63.6 Å². The predicted octanol–water partition coefficient (Wildman–Crippen LogP) is 6.08. The molecule has 1 unspecified atom stereocenters. The molecule has 11 atom stereocenters. The van der Waals surface area contributed by atoms with Gasteiger partial charge in [-0.05, 0) is 104 Å². The number of rotatable bonds is 12. The molecule has 2 heterocycles. The van der Waals surface area contributed by atoms with Gasteiger partial charge in [0, 0.05) is 65.0 Å². The van der Waals surface area contributed by atoms with Crippen molar-refractivity contribution < 1.29 is 24.1 Å². The molecule has 260 valence electrons. The maximum Gasteiger partial charge on any atom is 0.170 e.